The number of halogens is 1. The highest BCUT2D eigenvalue weighted by Crippen LogP contribution is 2.47. The summed E-state index contributed by atoms with van der Waals surface area (Å²) in [4.78, 5) is 38.1. The molecule has 0 aliphatic carbocycles. The second kappa shape index (κ2) is 13.3. The van der Waals surface area contributed by atoms with Crippen LogP contribution in [0, 0.1) is 0 Å². The molecule has 0 bridgehead atoms. The Morgan fingerprint density at radius 3 is 2.09 bits per heavy atom. The number of hydrogen-bond donors (Lipinski definition) is 0. The maximum atomic E-state index is 13.3. The quantitative estimate of drug-likeness (QED) is 0.0998. The van der Waals surface area contributed by atoms with Gasteiger partial charge in [-0.2, -0.15) is 0 Å². The highest BCUT2D eigenvalue weighted by Gasteiger charge is 2.34. The summed E-state index contributed by atoms with van der Waals surface area (Å²) < 4.78 is 15.7. The van der Waals surface area contributed by atoms with Crippen molar-refractivity contribution in [2.24, 2.45) is 4.99 Å². The van der Waals surface area contributed by atoms with E-state index in [0.717, 1.165) is 16.9 Å². The Labute approximate surface area is 257 Å². The number of carbonyl (C=O) groups excluding carboxylic acids is 2. The number of rotatable bonds is 8. The summed E-state index contributed by atoms with van der Waals surface area (Å²) >= 11 is 7.26. The average molecular weight is 612 g/mol. The second-order valence-electron chi connectivity index (χ2n) is 9.00. The number of carbonyl (C=O) groups is 2. The van der Waals surface area contributed by atoms with Crippen molar-refractivity contribution >= 4 is 57.1 Å². The first kappa shape index (κ1) is 29.5. The molecule has 43 heavy (non-hydrogen) atoms. The van der Waals surface area contributed by atoms with Gasteiger partial charge in [0.05, 0.1) is 43.8 Å². The van der Waals surface area contributed by atoms with Gasteiger partial charge in [-0.25, -0.2) is 14.6 Å². The smallest absolute Gasteiger partial charge is 0.349 e. The summed E-state index contributed by atoms with van der Waals surface area (Å²) in [5, 5.41) is 1.08. The van der Waals surface area contributed by atoms with Crippen molar-refractivity contribution in [2.45, 2.75) is 0 Å². The van der Waals surface area contributed by atoms with Gasteiger partial charge in [0.15, 0.2) is 0 Å². The number of aromatic nitrogens is 1. The van der Waals surface area contributed by atoms with E-state index in [1.165, 1.54) is 14.2 Å². The monoisotopic (exact) mass is 611 g/mol. The molecule has 2 heterocycles. The van der Waals surface area contributed by atoms with Crippen LogP contribution in [0.2, 0.25) is 5.02 Å². The molecule has 0 amide bonds. The molecule has 0 spiro atoms. The van der Waals surface area contributed by atoms with Crippen molar-refractivity contribution in [3.8, 4) is 17.0 Å². The number of aliphatic imine (C=N–C) groups is 1. The number of nitrogens with zero attached hydrogens (tertiary/aromatic N) is 3. The number of pyridine rings is 1. The number of thiophene rings is 1. The van der Waals surface area contributed by atoms with Crippen molar-refractivity contribution in [1.29, 1.82) is 0 Å². The lowest BCUT2D eigenvalue weighted by Crippen LogP contribution is -2.27. The first-order chi connectivity index (χ1) is 20.9. The van der Waals surface area contributed by atoms with E-state index >= 15 is 0 Å². The van der Waals surface area contributed by atoms with Crippen molar-refractivity contribution in [2.75, 3.05) is 26.2 Å². The number of hydrogen-bond acceptors (Lipinski definition) is 8. The van der Waals surface area contributed by atoms with Crippen molar-refractivity contribution in [3.63, 3.8) is 0 Å². The van der Waals surface area contributed by atoms with Gasteiger partial charge in [-0.05, 0) is 60.7 Å². The fourth-order valence-corrected chi connectivity index (χ4v) is 5.76. The predicted octanol–water partition coefficient (Wildman–Crippen LogP) is 7.96. The summed E-state index contributed by atoms with van der Waals surface area (Å²) in [6, 6.07) is 29.5. The number of ether oxygens (including phenoxy) is 3. The third kappa shape index (κ3) is 6.28. The molecule has 5 aromatic rings. The predicted molar refractivity (Wildman–Crippen MR) is 169 cm³/mol. The van der Waals surface area contributed by atoms with Gasteiger partial charge < -0.3 is 14.2 Å². The standard InChI is InChI=1S/C33H26ClN3O5S/c1-40-25-18-16-24(17-19-25)37(30(21-9-5-4-6-10-21)36-23-14-12-22(34)13-15-23)31-27(26-11-7-8-20-35-26)28(32(38)41-2)29(43-31)33(39)42-3/h4-20H,1-3H3. The molecule has 5 rings (SSSR count). The minimum atomic E-state index is -0.700. The van der Waals surface area contributed by atoms with E-state index in [1.54, 1.807) is 43.6 Å². The van der Waals surface area contributed by atoms with Crippen LogP contribution < -0.4 is 9.64 Å². The van der Waals surface area contributed by atoms with Crippen LogP contribution in [0.15, 0.2) is 108 Å². The van der Waals surface area contributed by atoms with Gasteiger partial charge in [-0.3, -0.25) is 9.88 Å². The number of methoxy groups -OCH3 is 3. The zero-order chi connectivity index (χ0) is 30.3. The van der Waals surface area contributed by atoms with Crippen LogP contribution in [0.1, 0.15) is 25.6 Å². The Morgan fingerprint density at radius 2 is 1.49 bits per heavy atom. The zero-order valence-electron chi connectivity index (χ0n) is 23.5. The second-order valence-corrected chi connectivity index (χ2v) is 10.4. The first-order valence-corrected chi connectivity index (χ1v) is 14.2. The molecule has 0 aliphatic heterocycles. The Balaban J connectivity index is 1.90. The fraction of sp³-hybridized carbons (Fsp3) is 0.0909. The van der Waals surface area contributed by atoms with Crippen LogP contribution in [-0.4, -0.2) is 44.1 Å². The number of amidine groups is 1. The Kier molecular flexibility index (Phi) is 9.14. The maximum absolute atomic E-state index is 13.3. The Hall–Kier alpha value is -4.99. The molecular formula is C33H26ClN3O5S. The molecule has 3 aromatic carbocycles. The van der Waals surface area contributed by atoms with E-state index < -0.39 is 11.9 Å². The molecule has 0 saturated carbocycles. The third-order valence-electron chi connectivity index (χ3n) is 6.41. The molecule has 0 radical (unpaired) electrons. The molecule has 10 heteroatoms. The minimum absolute atomic E-state index is 0.0467. The van der Waals surface area contributed by atoms with Crippen molar-refractivity contribution in [1.82, 2.24) is 4.98 Å². The molecule has 0 fully saturated rings. The van der Waals surface area contributed by atoms with Gasteiger partial charge in [-0.1, -0.05) is 48.0 Å². The normalized spacial score (nSPS) is 11.1. The molecule has 216 valence electrons. The summed E-state index contributed by atoms with van der Waals surface area (Å²) in [7, 11) is 4.12. The molecule has 0 saturated heterocycles. The van der Waals surface area contributed by atoms with Gasteiger partial charge in [0.25, 0.3) is 0 Å². The van der Waals surface area contributed by atoms with Crippen molar-refractivity contribution < 1.29 is 23.8 Å². The van der Waals surface area contributed by atoms with Crippen LogP contribution in [-0.2, 0) is 9.47 Å². The van der Waals surface area contributed by atoms with Crippen LogP contribution in [0.5, 0.6) is 5.75 Å². The fourth-order valence-electron chi connectivity index (χ4n) is 4.39. The van der Waals surface area contributed by atoms with E-state index in [2.05, 4.69) is 4.98 Å². The molecule has 0 aliphatic rings. The molecule has 8 nitrogen and oxygen atoms in total. The van der Waals surface area contributed by atoms with E-state index in [-0.39, 0.29) is 10.4 Å². The largest absolute Gasteiger partial charge is 0.497 e. The maximum Gasteiger partial charge on any atom is 0.349 e. The average Bonchev–Trinajstić information content (AvgIpc) is 3.46. The first-order valence-electron chi connectivity index (χ1n) is 13.0. The van der Waals surface area contributed by atoms with Gasteiger partial charge in [-0.15, -0.1) is 11.3 Å². The summed E-state index contributed by atoms with van der Waals surface area (Å²) in [6.45, 7) is 0. The van der Waals surface area contributed by atoms with Crippen LogP contribution >= 0.6 is 22.9 Å². The van der Waals surface area contributed by atoms with Gasteiger partial charge in [0, 0.05) is 22.5 Å². The number of anilines is 2. The molecule has 0 N–H and O–H groups in total. The van der Waals surface area contributed by atoms with E-state index in [4.69, 9.17) is 30.8 Å². The zero-order valence-corrected chi connectivity index (χ0v) is 25.1. The van der Waals surface area contributed by atoms with Gasteiger partial charge in [0.2, 0.25) is 0 Å². The number of esters is 2. The minimum Gasteiger partial charge on any atom is -0.497 e. The van der Waals surface area contributed by atoms with Gasteiger partial charge in [0.1, 0.15) is 21.5 Å². The molecule has 2 aromatic heterocycles. The molecule has 0 unspecified atom stereocenters. The van der Waals surface area contributed by atoms with E-state index in [9.17, 15) is 9.59 Å². The Morgan fingerprint density at radius 1 is 0.814 bits per heavy atom. The lowest BCUT2D eigenvalue weighted by Gasteiger charge is -2.27. The van der Waals surface area contributed by atoms with Crippen LogP contribution in [0.3, 0.4) is 0 Å². The van der Waals surface area contributed by atoms with Gasteiger partial charge >= 0.3 is 11.9 Å². The van der Waals surface area contributed by atoms with Crippen molar-refractivity contribution in [3.05, 3.63) is 124 Å². The van der Waals surface area contributed by atoms with E-state index in [1.807, 2.05) is 71.6 Å². The van der Waals surface area contributed by atoms with E-state index in [0.29, 0.717) is 44.2 Å². The molecule has 0 atom stereocenters. The lowest BCUT2D eigenvalue weighted by atomic mass is 10.0. The topological polar surface area (TPSA) is 90.3 Å². The van der Waals surface area contributed by atoms with Crippen LogP contribution in [0.4, 0.5) is 16.4 Å². The summed E-state index contributed by atoms with van der Waals surface area (Å²) in [6.07, 6.45) is 1.62. The highest BCUT2D eigenvalue weighted by atomic mass is 35.5. The third-order valence-corrected chi connectivity index (χ3v) is 7.82. The summed E-state index contributed by atoms with van der Waals surface area (Å²) in [5.74, 6) is -0.214. The number of benzene rings is 3. The SMILES string of the molecule is COC(=O)c1sc(N(C(=Nc2ccc(Cl)cc2)c2ccccc2)c2ccc(OC)cc2)c(-c2ccccn2)c1C(=O)OC. The highest BCUT2D eigenvalue weighted by molar-refractivity contribution is 7.19. The summed E-state index contributed by atoms with van der Waals surface area (Å²) in [5.41, 5.74) is 3.00. The van der Waals surface area contributed by atoms with Crippen LogP contribution in [0.25, 0.3) is 11.3 Å². The lowest BCUT2D eigenvalue weighted by molar-refractivity contribution is 0.0561. The Bertz CT molecular complexity index is 1760. The molecular weight excluding hydrogens is 586 g/mol.